The summed E-state index contributed by atoms with van der Waals surface area (Å²) in [5.41, 5.74) is 4.10. The first-order valence-electron chi connectivity index (χ1n) is 9.97. The quantitative estimate of drug-likeness (QED) is 0.397. The zero-order valence-corrected chi connectivity index (χ0v) is 17.5. The highest BCUT2D eigenvalue weighted by molar-refractivity contribution is 6.06. The Morgan fingerprint density at radius 1 is 1.16 bits per heavy atom. The standard InChI is InChI=1S/C25H23N3O3/c1-4-14-30-20-12-10-18(11-13-20)16-28(3)25(29)21-15-22(19-8-6-5-7-9-19)26-24-23(21)17(2)27-31-24/h4-13,15H,1,14,16H2,2-3H3. The summed E-state index contributed by atoms with van der Waals surface area (Å²) >= 11 is 0. The van der Waals surface area contributed by atoms with Crippen molar-refractivity contribution >= 4 is 17.0 Å². The van der Waals surface area contributed by atoms with Gasteiger partial charge in [-0.15, -0.1) is 0 Å². The van der Waals surface area contributed by atoms with E-state index in [1.165, 1.54) is 0 Å². The molecule has 6 nitrogen and oxygen atoms in total. The summed E-state index contributed by atoms with van der Waals surface area (Å²) < 4.78 is 10.9. The molecule has 4 rings (SSSR count). The van der Waals surface area contributed by atoms with E-state index in [1.807, 2.05) is 67.6 Å². The van der Waals surface area contributed by atoms with Crippen LogP contribution in [0.15, 0.2) is 77.8 Å². The Labute approximate surface area is 180 Å². The lowest BCUT2D eigenvalue weighted by atomic mass is 10.0. The summed E-state index contributed by atoms with van der Waals surface area (Å²) in [7, 11) is 1.78. The molecule has 0 saturated heterocycles. The first kappa shape index (κ1) is 20.3. The number of amides is 1. The van der Waals surface area contributed by atoms with Crippen LogP contribution >= 0.6 is 0 Å². The number of benzene rings is 2. The molecule has 0 unspecified atom stereocenters. The van der Waals surface area contributed by atoms with Gasteiger partial charge in [-0.2, -0.15) is 0 Å². The third-order valence-electron chi connectivity index (χ3n) is 4.97. The minimum Gasteiger partial charge on any atom is -0.490 e. The molecule has 2 aromatic heterocycles. The van der Waals surface area contributed by atoms with E-state index in [0.717, 1.165) is 16.9 Å². The lowest BCUT2D eigenvalue weighted by Crippen LogP contribution is -2.26. The predicted octanol–water partition coefficient (Wildman–Crippen LogP) is 5.04. The molecule has 1 amide bonds. The van der Waals surface area contributed by atoms with Gasteiger partial charge in [0.2, 0.25) is 0 Å². The van der Waals surface area contributed by atoms with E-state index < -0.39 is 0 Å². The molecule has 2 aromatic carbocycles. The monoisotopic (exact) mass is 413 g/mol. The molecule has 0 radical (unpaired) electrons. The van der Waals surface area contributed by atoms with Gasteiger partial charge in [-0.1, -0.05) is 60.3 Å². The van der Waals surface area contributed by atoms with Crippen LogP contribution in [-0.4, -0.2) is 34.6 Å². The zero-order chi connectivity index (χ0) is 21.8. The van der Waals surface area contributed by atoms with Crippen molar-refractivity contribution in [2.45, 2.75) is 13.5 Å². The average Bonchev–Trinajstić information content (AvgIpc) is 3.19. The second-order valence-electron chi connectivity index (χ2n) is 7.27. The zero-order valence-electron chi connectivity index (χ0n) is 17.5. The predicted molar refractivity (Wildman–Crippen MR) is 120 cm³/mol. The number of hydrogen-bond donors (Lipinski definition) is 0. The number of hydrogen-bond acceptors (Lipinski definition) is 5. The van der Waals surface area contributed by atoms with Crippen LogP contribution in [0.5, 0.6) is 5.75 Å². The van der Waals surface area contributed by atoms with Crippen molar-refractivity contribution in [3.05, 3.63) is 90.1 Å². The van der Waals surface area contributed by atoms with Gasteiger partial charge in [0, 0.05) is 19.2 Å². The molecule has 4 aromatic rings. The largest absolute Gasteiger partial charge is 0.490 e. The van der Waals surface area contributed by atoms with Crippen molar-refractivity contribution in [3.8, 4) is 17.0 Å². The molecule has 0 aliphatic carbocycles. The van der Waals surface area contributed by atoms with Gasteiger partial charge in [0.15, 0.2) is 0 Å². The molecule has 0 spiro atoms. The van der Waals surface area contributed by atoms with Crippen LogP contribution in [0.1, 0.15) is 21.6 Å². The van der Waals surface area contributed by atoms with Gasteiger partial charge in [-0.3, -0.25) is 4.79 Å². The van der Waals surface area contributed by atoms with Gasteiger partial charge in [0.05, 0.1) is 22.3 Å². The van der Waals surface area contributed by atoms with E-state index >= 15 is 0 Å². The van der Waals surface area contributed by atoms with Crippen molar-refractivity contribution < 1.29 is 14.1 Å². The molecule has 0 aliphatic rings. The third kappa shape index (κ3) is 4.33. The first-order chi connectivity index (χ1) is 15.1. The second-order valence-corrected chi connectivity index (χ2v) is 7.27. The maximum Gasteiger partial charge on any atom is 0.259 e. The topological polar surface area (TPSA) is 68.5 Å². The molecule has 2 heterocycles. The minimum atomic E-state index is -0.122. The van der Waals surface area contributed by atoms with Crippen molar-refractivity contribution in [1.82, 2.24) is 15.0 Å². The van der Waals surface area contributed by atoms with Gasteiger partial charge >= 0.3 is 0 Å². The van der Waals surface area contributed by atoms with Crippen molar-refractivity contribution in [3.63, 3.8) is 0 Å². The van der Waals surface area contributed by atoms with E-state index in [2.05, 4.69) is 16.7 Å². The summed E-state index contributed by atoms with van der Waals surface area (Å²) in [6.45, 7) is 6.37. The highest BCUT2D eigenvalue weighted by Crippen LogP contribution is 2.28. The Morgan fingerprint density at radius 2 is 1.90 bits per heavy atom. The Morgan fingerprint density at radius 3 is 2.61 bits per heavy atom. The molecular formula is C25H23N3O3. The summed E-state index contributed by atoms with van der Waals surface area (Å²) in [5.74, 6) is 0.643. The summed E-state index contributed by atoms with van der Waals surface area (Å²) in [6, 6.07) is 19.2. The average molecular weight is 413 g/mol. The van der Waals surface area contributed by atoms with Gasteiger partial charge in [0.25, 0.3) is 11.6 Å². The molecule has 0 bridgehead atoms. The molecule has 0 aliphatic heterocycles. The molecule has 0 atom stereocenters. The van der Waals surface area contributed by atoms with Crippen molar-refractivity contribution in [1.29, 1.82) is 0 Å². The molecule has 0 saturated carbocycles. The van der Waals surface area contributed by atoms with Crippen LogP contribution in [0, 0.1) is 6.92 Å². The van der Waals surface area contributed by atoms with E-state index in [0.29, 0.717) is 41.2 Å². The van der Waals surface area contributed by atoms with Crippen molar-refractivity contribution in [2.75, 3.05) is 13.7 Å². The van der Waals surface area contributed by atoms with Crippen LogP contribution in [0.25, 0.3) is 22.4 Å². The SMILES string of the molecule is C=CCOc1ccc(CN(C)C(=O)c2cc(-c3ccccc3)nc3onc(C)c23)cc1. The van der Waals surface area contributed by atoms with Crippen LogP contribution in [0.3, 0.4) is 0 Å². The Kier molecular flexibility index (Phi) is 5.80. The lowest BCUT2D eigenvalue weighted by Gasteiger charge is -2.18. The molecular weight excluding hydrogens is 390 g/mol. The number of carbonyl (C=O) groups excluding carboxylic acids is 1. The number of ether oxygens (including phenoxy) is 1. The van der Waals surface area contributed by atoms with Crippen molar-refractivity contribution in [2.24, 2.45) is 0 Å². The molecule has 0 fully saturated rings. The Bertz CT molecular complexity index is 1210. The number of nitrogens with zero attached hydrogens (tertiary/aromatic N) is 3. The van der Waals surface area contributed by atoms with Gasteiger partial charge in [-0.25, -0.2) is 4.98 Å². The smallest absolute Gasteiger partial charge is 0.259 e. The normalized spacial score (nSPS) is 10.8. The van der Waals surface area contributed by atoms with Crippen LogP contribution in [-0.2, 0) is 6.54 Å². The van der Waals surface area contributed by atoms with Gasteiger partial charge < -0.3 is 14.2 Å². The molecule has 6 heteroatoms. The summed E-state index contributed by atoms with van der Waals surface area (Å²) in [5, 5.41) is 4.67. The second kappa shape index (κ2) is 8.83. The van der Waals surface area contributed by atoms with E-state index in [9.17, 15) is 4.79 Å². The maximum absolute atomic E-state index is 13.4. The number of rotatable bonds is 7. The van der Waals surface area contributed by atoms with E-state index in [-0.39, 0.29) is 5.91 Å². The fraction of sp³-hybridized carbons (Fsp3) is 0.160. The Balaban J connectivity index is 1.63. The maximum atomic E-state index is 13.4. The fourth-order valence-electron chi connectivity index (χ4n) is 3.42. The number of carbonyl (C=O) groups is 1. The highest BCUT2D eigenvalue weighted by Gasteiger charge is 2.22. The van der Waals surface area contributed by atoms with Crippen LogP contribution in [0.2, 0.25) is 0 Å². The Hall–Kier alpha value is -3.93. The fourth-order valence-corrected chi connectivity index (χ4v) is 3.42. The summed E-state index contributed by atoms with van der Waals surface area (Å²) in [6.07, 6.45) is 1.70. The van der Waals surface area contributed by atoms with E-state index in [1.54, 1.807) is 18.0 Å². The molecule has 156 valence electrons. The number of aryl methyl sites for hydroxylation is 1. The number of fused-ring (bicyclic) bond motifs is 1. The molecule has 0 N–H and O–H groups in total. The first-order valence-corrected chi connectivity index (χ1v) is 9.97. The summed E-state index contributed by atoms with van der Waals surface area (Å²) in [4.78, 5) is 19.6. The molecule has 31 heavy (non-hydrogen) atoms. The number of pyridine rings is 1. The van der Waals surface area contributed by atoms with E-state index in [4.69, 9.17) is 9.26 Å². The van der Waals surface area contributed by atoms with Crippen LogP contribution in [0.4, 0.5) is 0 Å². The third-order valence-corrected chi connectivity index (χ3v) is 4.97. The number of aromatic nitrogens is 2. The van der Waals surface area contributed by atoms with Gasteiger partial charge in [0.1, 0.15) is 12.4 Å². The minimum absolute atomic E-state index is 0.122. The highest BCUT2D eigenvalue weighted by atomic mass is 16.5. The lowest BCUT2D eigenvalue weighted by molar-refractivity contribution is 0.0787. The van der Waals surface area contributed by atoms with Crippen LogP contribution < -0.4 is 4.74 Å². The van der Waals surface area contributed by atoms with Gasteiger partial charge in [-0.05, 0) is 30.7 Å².